The van der Waals surface area contributed by atoms with Crippen molar-refractivity contribution in [3.05, 3.63) is 47.5 Å². The summed E-state index contributed by atoms with van der Waals surface area (Å²) in [4.78, 5) is 49.0. The predicted octanol–water partition coefficient (Wildman–Crippen LogP) is 1.64. The lowest BCUT2D eigenvalue weighted by molar-refractivity contribution is -0.152. The Bertz CT molecular complexity index is 794. The third-order valence-corrected chi connectivity index (χ3v) is 4.48. The number of hydrogen-bond donors (Lipinski definition) is 0. The number of carbonyl (C=O) groups is 4. The first-order valence-corrected chi connectivity index (χ1v) is 8.02. The fraction of sp³-hybridized carbons (Fsp3) is 0.333. The van der Waals surface area contributed by atoms with E-state index in [9.17, 15) is 28.0 Å². The molecule has 0 saturated carbocycles. The van der Waals surface area contributed by atoms with Crippen LogP contribution in [0.15, 0.2) is 30.4 Å². The van der Waals surface area contributed by atoms with Crippen molar-refractivity contribution in [2.24, 2.45) is 11.8 Å². The number of allylic oxidation sites excluding steroid dienone is 2. The van der Waals surface area contributed by atoms with Gasteiger partial charge < -0.3 is 4.74 Å². The van der Waals surface area contributed by atoms with Gasteiger partial charge in [0.25, 0.3) is 0 Å². The summed E-state index contributed by atoms with van der Waals surface area (Å²) >= 11 is 0. The maximum atomic E-state index is 13.5. The summed E-state index contributed by atoms with van der Waals surface area (Å²) in [5.41, 5.74) is -0.539. The van der Waals surface area contributed by atoms with Gasteiger partial charge >= 0.3 is 5.97 Å². The van der Waals surface area contributed by atoms with Gasteiger partial charge in [0.15, 0.2) is 6.61 Å². The summed E-state index contributed by atoms with van der Waals surface area (Å²) in [6.07, 6.45) is 4.52. The SMILES string of the molecule is O=C(CN1C(=O)C2CC=CCC2C1=O)OCC(=O)c1cc(F)ccc1F. The van der Waals surface area contributed by atoms with Gasteiger partial charge in [0.2, 0.25) is 17.6 Å². The molecule has 2 unspecified atom stereocenters. The number of likely N-dealkylation sites (tertiary alicyclic amines) is 1. The first-order chi connectivity index (χ1) is 12.4. The summed E-state index contributed by atoms with van der Waals surface area (Å²) in [7, 11) is 0. The van der Waals surface area contributed by atoms with Crippen LogP contribution >= 0.6 is 0 Å². The van der Waals surface area contributed by atoms with Crippen molar-refractivity contribution in [2.75, 3.05) is 13.2 Å². The molecular formula is C18H15F2NO5. The highest BCUT2D eigenvalue weighted by Gasteiger charge is 2.47. The molecule has 3 rings (SSSR count). The number of fused-ring (bicyclic) bond motifs is 1. The van der Waals surface area contributed by atoms with Crippen molar-refractivity contribution >= 4 is 23.6 Å². The molecule has 0 bridgehead atoms. The highest BCUT2D eigenvalue weighted by atomic mass is 19.1. The highest BCUT2D eigenvalue weighted by Crippen LogP contribution is 2.34. The number of rotatable bonds is 5. The van der Waals surface area contributed by atoms with Crippen LogP contribution in [0.4, 0.5) is 8.78 Å². The van der Waals surface area contributed by atoms with Crippen molar-refractivity contribution in [2.45, 2.75) is 12.8 Å². The number of imide groups is 1. The smallest absolute Gasteiger partial charge is 0.326 e. The summed E-state index contributed by atoms with van der Waals surface area (Å²) in [5, 5.41) is 0. The van der Waals surface area contributed by atoms with Crippen LogP contribution in [0.5, 0.6) is 0 Å². The molecule has 1 saturated heterocycles. The van der Waals surface area contributed by atoms with E-state index in [1.165, 1.54) is 0 Å². The number of esters is 1. The minimum Gasteiger partial charge on any atom is -0.456 e. The molecule has 26 heavy (non-hydrogen) atoms. The van der Waals surface area contributed by atoms with E-state index in [2.05, 4.69) is 0 Å². The third-order valence-electron chi connectivity index (χ3n) is 4.48. The molecule has 0 radical (unpaired) electrons. The average Bonchev–Trinajstić information content (AvgIpc) is 2.87. The molecule has 1 fully saturated rings. The fourth-order valence-electron chi connectivity index (χ4n) is 3.13. The molecule has 2 atom stereocenters. The molecule has 1 heterocycles. The fourth-order valence-corrected chi connectivity index (χ4v) is 3.13. The zero-order chi connectivity index (χ0) is 18.8. The Morgan fingerprint density at radius 3 is 2.31 bits per heavy atom. The van der Waals surface area contributed by atoms with E-state index in [0.717, 1.165) is 17.0 Å². The lowest BCUT2D eigenvalue weighted by Gasteiger charge is -2.14. The van der Waals surface area contributed by atoms with Crippen molar-refractivity contribution in [3.63, 3.8) is 0 Å². The molecule has 1 aromatic carbocycles. The zero-order valence-electron chi connectivity index (χ0n) is 13.6. The number of halogens is 2. The van der Waals surface area contributed by atoms with Crippen LogP contribution in [0.3, 0.4) is 0 Å². The molecule has 1 aliphatic carbocycles. The van der Waals surface area contributed by atoms with Crippen molar-refractivity contribution in [3.8, 4) is 0 Å². The van der Waals surface area contributed by atoms with E-state index in [1.807, 2.05) is 12.2 Å². The van der Waals surface area contributed by atoms with Crippen LogP contribution in [0.2, 0.25) is 0 Å². The van der Waals surface area contributed by atoms with Gasteiger partial charge in [-0.1, -0.05) is 12.2 Å². The first kappa shape index (κ1) is 17.9. The van der Waals surface area contributed by atoms with Crippen LogP contribution in [0.25, 0.3) is 0 Å². The Labute approximate surface area is 147 Å². The molecule has 2 aliphatic rings. The Morgan fingerprint density at radius 1 is 1.08 bits per heavy atom. The second-order valence-corrected chi connectivity index (χ2v) is 6.13. The normalized spacial score (nSPS) is 21.7. The molecule has 8 heteroatoms. The second kappa shape index (κ2) is 7.15. The lowest BCUT2D eigenvalue weighted by atomic mass is 9.85. The minimum atomic E-state index is -0.969. The molecule has 0 spiro atoms. The molecule has 1 aliphatic heterocycles. The molecular weight excluding hydrogens is 348 g/mol. The van der Waals surface area contributed by atoms with Crippen molar-refractivity contribution in [1.82, 2.24) is 4.90 Å². The van der Waals surface area contributed by atoms with Gasteiger partial charge in [-0.05, 0) is 31.0 Å². The van der Waals surface area contributed by atoms with Gasteiger partial charge in [-0.3, -0.25) is 24.1 Å². The molecule has 136 valence electrons. The Balaban J connectivity index is 1.58. The summed E-state index contributed by atoms with van der Waals surface area (Å²) in [6.45, 7) is -1.42. The van der Waals surface area contributed by atoms with Crippen LogP contribution in [-0.2, 0) is 19.1 Å². The van der Waals surface area contributed by atoms with E-state index < -0.39 is 65.8 Å². The average molecular weight is 363 g/mol. The number of ether oxygens (including phenoxy) is 1. The predicted molar refractivity (Wildman–Crippen MR) is 83.7 cm³/mol. The first-order valence-electron chi connectivity index (χ1n) is 8.02. The standard InChI is InChI=1S/C18H15F2NO5/c19-10-5-6-14(20)13(7-10)15(22)9-26-16(23)8-21-17(24)11-3-1-2-4-12(11)18(21)25/h1-2,5-7,11-12H,3-4,8-9H2. The van der Waals surface area contributed by atoms with E-state index in [0.29, 0.717) is 18.9 Å². The van der Waals surface area contributed by atoms with E-state index >= 15 is 0 Å². The van der Waals surface area contributed by atoms with Gasteiger partial charge in [0, 0.05) is 0 Å². The maximum Gasteiger partial charge on any atom is 0.326 e. The minimum absolute atomic E-state index is 0.441. The maximum absolute atomic E-state index is 13.5. The summed E-state index contributed by atoms with van der Waals surface area (Å²) in [6, 6.07) is 2.36. The van der Waals surface area contributed by atoms with Gasteiger partial charge in [0.05, 0.1) is 17.4 Å². The number of benzene rings is 1. The van der Waals surface area contributed by atoms with Crippen LogP contribution in [0.1, 0.15) is 23.2 Å². The summed E-state index contributed by atoms with van der Waals surface area (Å²) < 4.78 is 31.3. The van der Waals surface area contributed by atoms with Crippen LogP contribution in [0, 0.1) is 23.5 Å². The van der Waals surface area contributed by atoms with Crippen LogP contribution < -0.4 is 0 Å². The van der Waals surface area contributed by atoms with Crippen molar-refractivity contribution < 1.29 is 32.7 Å². The number of Topliss-reactive ketones (excluding diaryl/α,β-unsaturated/α-hetero) is 1. The highest BCUT2D eigenvalue weighted by molar-refractivity contribution is 6.07. The van der Waals surface area contributed by atoms with Gasteiger partial charge in [0.1, 0.15) is 18.2 Å². The second-order valence-electron chi connectivity index (χ2n) is 6.13. The monoisotopic (exact) mass is 363 g/mol. The molecule has 0 N–H and O–H groups in total. The van der Waals surface area contributed by atoms with Crippen LogP contribution in [-0.4, -0.2) is 41.6 Å². The van der Waals surface area contributed by atoms with Crippen molar-refractivity contribution in [1.29, 1.82) is 0 Å². The molecule has 0 aromatic heterocycles. The Morgan fingerprint density at radius 2 is 1.69 bits per heavy atom. The van der Waals surface area contributed by atoms with Gasteiger partial charge in [-0.25, -0.2) is 8.78 Å². The number of hydrogen-bond acceptors (Lipinski definition) is 5. The Kier molecular flexibility index (Phi) is 4.92. The topological polar surface area (TPSA) is 80.8 Å². The third kappa shape index (κ3) is 3.40. The quantitative estimate of drug-likeness (QED) is 0.344. The zero-order valence-corrected chi connectivity index (χ0v) is 13.6. The lowest BCUT2D eigenvalue weighted by Crippen LogP contribution is -2.37. The molecule has 6 nitrogen and oxygen atoms in total. The van der Waals surface area contributed by atoms with E-state index in [4.69, 9.17) is 4.74 Å². The van der Waals surface area contributed by atoms with E-state index in [-0.39, 0.29) is 0 Å². The van der Waals surface area contributed by atoms with Gasteiger partial charge in [-0.2, -0.15) is 0 Å². The molecule has 1 aromatic rings. The number of nitrogens with zero attached hydrogens (tertiary/aromatic N) is 1. The number of ketones is 1. The van der Waals surface area contributed by atoms with E-state index in [1.54, 1.807) is 0 Å². The number of carbonyl (C=O) groups excluding carboxylic acids is 4. The summed E-state index contributed by atoms with van der Waals surface area (Å²) in [5.74, 6) is -5.45. The number of amides is 2. The Hall–Kier alpha value is -2.90. The largest absolute Gasteiger partial charge is 0.456 e. The van der Waals surface area contributed by atoms with Gasteiger partial charge in [-0.15, -0.1) is 0 Å². The molecule has 2 amide bonds.